The number of amides is 2. The Kier molecular flexibility index (Phi) is 6.63. The van der Waals surface area contributed by atoms with E-state index in [1.54, 1.807) is 0 Å². The molecule has 0 aliphatic carbocycles. The van der Waals surface area contributed by atoms with Crippen LogP contribution in [0.4, 0.5) is 4.79 Å². The summed E-state index contributed by atoms with van der Waals surface area (Å²) in [5, 5.41) is 3.32. The van der Waals surface area contributed by atoms with Crippen molar-refractivity contribution in [2.45, 2.75) is 70.2 Å². The van der Waals surface area contributed by atoms with E-state index in [9.17, 15) is 4.79 Å². The molecule has 0 radical (unpaired) electrons. The van der Waals surface area contributed by atoms with Gasteiger partial charge in [0.15, 0.2) is 5.79 Å². The summed E-state index contributed by atoms with van der Waals surface area (Å²) in [5.74, 6) is -0.726. The molecule has 1 N–H and O–H groups in total. The van der Waals surface area contributed by atoms with E-state index < -0.39 is 5.79 Å². The van der Waals surface area contributed by atoms with Crippen molar-refractivity contribution in [3.05, 3.63) is 107 Å². The second-order valence-corrected chi connectivity index (χ2v) is 10.2. The quantitative estimate of drug-likeness (QED) is 0.534. The fourth-order valence-corrected chi connectivity index (χ4v) is 5.39. The van der Waals surface area contributed by atoms with Gasteiger partial charge >= 0.3 is 6.03 Å². The van der Waals surface area contributed by atoms with Crippen molar-refractivity contribution in [2.24, 2.45) is 0 Å². The van der Waals surface area contributed by atoms with Gasteiger partial charge in [-0.2, -0.15) is 0 Å². The molecule has 0 unspecified atom stereocenters. The molecule has 0 spiro atoms. The van der Waals surface area contributed by atoms with Crippen LogP contribution in [0.25, 0.3) is 0 Å². The van der Waals surface area contributed by atoms with Crippen LogP contribution < -0.4 is 5.32 Å². The van der Waals surface area contributed by atoms with Crippen LogP contribution in [0.3, 0.4) is 0 Å². The van der Waals surface area contributed by atoms with E-state index in [1.165, 1.54) is 11.1 Å². The highest BCUT2D eigenvalue weighted by Gasteiger charge is 2.53. The van der Waals surface area contributed by atoms with Crippen LogP contribution in [-0.2, 0) is 28.9 Å². The highest BCUT2D eigenvalue weighted by molar-refractivity contribution is 5.76. The number of hydrogen-bond donors (Lipinski definition) is 1. The number of rotatable bonds is 6. The Bertz CT molecular complexity index is 1150. The second kappa shape index (κ2) is 9.84. The fourth-order valence-electron chi connectivity index (χ4n) is 5.39. The van der Waals surface area contributed by atoms with Crippen molar-refractivity contribution in [1.29, 1.82) is 0 Å². The Hall–Kier alpha value is -3.15. The first-order valence-corrected chi connectivity index (χ1v) is 12.4. The van der Waals surface area contributed by atoms with E-state index in [-0.39, 0.29) is 30.3 Å². The van der Waals surface area contributed by atoms with Gasteiger partial charge in [0, 0.05) is 6.54 Å². The number of urea groups is 1. The van der Waals surface area contributed by atoms with Gasteiger partial charge in [0.05, 0.1) is 12.1 Å². The maximum absolute atomic E-state index is 13.8. The molecule has 2 fully saturated rings. The van der Waals surface area contributed by atoms with Gasteiger partial charge in [-0.25, -0.2) is 4.79 Å². The molecular formula is C30H34N2O3. The van der Waals surface area contributed by atoms with Crippen LogP contribution >= 0.6 is 0 Å². The smallest absolute Gasteiger partial charge is 0.318 e. The predicted molar refractivity (Wildman–Crippen MR) is 137 cm³/mol. The first-order chi connectivity index (χ1) is 16.9. The lowest BCUT2D eigenvalue weighted by Crippen LogP contribution is -2.50. The van der Waals surface area contributed by atoms with Crippen LogP contribution in [-0.4, -0.2) is 41.0 Å². The molecule has 182 valence electrons. The van der Waals surface area contributed by atoms with Crippen molar-refractivity contribution in [3.8, 4) is 0 Å². The Morgan fingerprint density at radius 3 is 2.06 bits per heavy atom. The van der Waals surface area contributed by atoms with Gasteiger partial charge < -0.3 is 19.7 Å². The summed E-state index contributed by atoms with van der Waals surface area (Å²) in [6.07, 6.45) is 0.857. The highest BCUT2D eigenvalue weighted by Crippen LogP contribution is 2.37. The zero-order valence-corrected chi connectivity index (χ0v) is 20.7. The summed E-state index contributed by atoms with van der Waals surface area (Å²) in [7, 11) is 0. The average Bonchev–Trinajstić information content (AvgIpc) is 3.13. The molecule has 2 saturated heterocycles. The minimum atomic E-state index is -0.726. The van der Waals surface area contributed by atoms with Crippen molar-refractivity contribution in [1.82, 2.24) is 10.2 Å². The van der Waals surface area contributed by atoms with E-state index in [4.69, 9.17) is 9.47 Å². The van der Waals surface area contributed by atoms with Gasteiger partial charge in [0.2, 0.25) is 0 Å². The number of nitrogens with zero attached hydrogens (tertiary/aromatic N) is 1. The molecule has 2 aliphatic heterocycles. The number of aryl methyl sites for hydroxylation is 1. The molecule has 0 saturated carbocycles. The summed E-state index contributed by atoms with van der Waals surface area (Å²) in [5.41, 5.74) is 4.62. The van der Waals surface area contributed by atoms with Gasteiger partial charge in [-0.1, -0.05) is 90.5 Å². The van der Waals surface area contributed by atoms with Crippen LogP contribution in [0.5, 0.6) is 0 Å². The normalized spacial score (nSPS) is 25.6. The lowest BCUT2D eigenvalue weighted by molar-refractivity contribution is -0.154. The van der Waals surface area contributed by atoms with Crippen LogP contribution in [0.15, 0.2) is 84.9 Å². The number of fused-ring (bicyclic) bond motifs is 1. The van der Waals surface area contributed by atoms with Crippen molar-refractivity contribution in [3.63, 3.8) is 0 Å². The third kappa shape index (κ3) is 5.42. The molecule has 0 aromatic heterocycles. The first-order valence-electron chi connectivity index (χ1n) is 12.4. The third-order valence-corrected chi connectivity index (χ3v) is 6.93. The van der Waals surface area contributed by atoms with E-state index in [2.05, 4.69) is 54.7 Å². The molecule has 0 bridgehead atoms. The summed E-state index contributed by atoms with van der Waals surface area (Å²) >= 11 is 0. The van der Waals surface area contributed by atoms with Crippen molar-refractivity contribution < 1.29 is 14.3 Å². The largest absolute Gasteiger partial charge is 0.342 e. The first kappa shape index (κ1) is 23.6. The van der Waals surface area contributed by atoms with Crippen LogP contribution in [0.1, 0.15) is 36.1 Å². The van der Waals surface area contributed by atoms with E-state index in [0.717, 1.165) is 11.1 Å². The summed E-state index contributed by atoms with van der Waals surface area (Å²) in [6.45, 7) is 6.52. The summed E-state index contributed by atoms with van der Waals surface area (Å²) in [4.78, 5) is 15.8. The van der Waals surface area contributed by atoms with E-state index in [1.807, 2.05) is 61.2 Å². The minimum absolute atomic E-state index is 0.0761. The molecule has 2 aliphatic rings. The summed E-state index contributed by atoms with van der Waals surface area (Å²) < 4.78 is 13.1. The lowest BCUT2D eigenvalue weighted by Gasteiger charge is -2.34. The standard InChI is InChI=1S/C30H34N2O3/c1-21-11-10-16-24(17-21)20-32-26(19-23-14-8-5-9-15-23)28-27(34-30(2,3)35-28)25(31-29(32)33)18-22-12-6-4-7-13-22/h4-17,25-28H,18-20H2,1-3H3,(H,31,33)/t25-,26-,27+,28+/m1/s1. The van der Waals surface area contributed by atoms with Crippen molar-refractivity contribution >= 4 is 6.03 Å². The summed E-state index contributed by atoms with van der Waals surface area (Å²) in [6, 6.07) is 28.5. The molecule has 2 heterocycles. The van der Waals surface area contributed by atoms with Gasteiger partial charge in [0.1, 0.15) is 12.2 Å². The minimum Gasteiger partial charge on any atom is -0.342 e. The van der Waals surface area contributed by atoms with E-state index in [0.29, 0.717) is 19.4 Å². The molecule has 2 amide bonds. The molecule has 3 aromatic rings. The maximum atomic E-state index is 13.8. The molecular weight excluding hydrogens is 436 g/mol. The van der Waals surface area contributed by atoms with Crippen LogP contribution in [0.2, 0.25) is 0 Å². The van der Waals surface area contributed by atoms with Gasteiger partial charge in [-0.05, 0) is 50.3 Å². The molecule has 5 heteroatoms. The van der Waals surface area contributed by atoms with Gasteiger partial charge in [-0.3, -0.25) is 0 Å². The monoisotopic (exact) mass is 470 g/mol. The molecule has 35 heavy (non-hydrogen) atoms. The Morgan fingerprint density at radius 2 is 1.40 bits per heavy atom. The molecule has 3 aromatic carbocycles. The maximum Gasteiger partial charge on any atom is 0.318 e. The number of hydrogen-bond acceptors (Lipinski definition) is 3. The molecule has 5 rings (SSSR count). The van der Waals surface area contributed by atoms with Gasteiger partial charge in [-0.15, -0.1) is 0 Å². The topological polar surface area (TPSA) is 50.8 Å². The molecule has 5 nitrogen and oxygen atoms in total. The SMILES string of the molecule is Cc1cccc(CN2C(=O)N[C@H](Cc3ccccc3)[C@@H]3OC(C)(C)O[C@H]3[C@H]2Cc2ccccc2)c1. The number of nitrogens with one attached hydrogen (secondary N) is 1. The number of carbonyl (C=O) groups excluding carboxylic acids is 1. The zero-order chi connectivity index (χ0) is 24.4. The van der Waals surface area contributed by atoms with E-state index >= 15 is 0 Å². The van der Waals surface area contributed by atoms with Crippen molar-refractivity contribution in [2.75, 3.05) is 0 Å². The predicted octanol–water partition coefficient (Wildman–Crippen LogP) is 5.26. The molecule has 4 atom stereocenters. The number of ether oxygens (including phenoxy) is 2. The van der Waals surface area contributed by atoms with Gasteiger partial charge in [0.25, 0.3) is 0 Å². The Balaban J connectivity index is 1.53. The average molecular weight is 471 g/mol. The number of benzene rings is 3. The second-order valence-electron chi connectivity index (χ2n) is 10.2. The number of carbonyl (C=O) groups is 1. The Labute approximate surface area is 208 Å². The Morgan fingerprint density at radius 1 is 0.800 bits per heavy atom. The van der Waals surface area contributed by atoms with Crippen LogP contribution in [0, 0.1) is 6.92 Å². The lowest BCUT2D eigenvalue weighted by atomic mass is 9.91. The highest BCUT2D eigenvalue weighted by atomic mass is 16.8. The third-order valence-electron chi connectivity index (χ3n) is 6.93. The zero-order valence-electron chi connectivity index (χ0n) is 20.7. The fraction of sp³-hybridized carbons (Fsp3) is 0.367.